The molecule has 88 valence electrons. The predicted octanol–water partition coefficient (Wildman–Crippen LogP) is 1.38. The van der Waals surface area contributed by atoms with Gasteiger partial charge in [-0.05, 0) is 34.1 Å². The van der Waals surface area contributed by atoms with Crippen LogP contribution in [0.5, 0.6) is 0 Å². The molecule has 1 fully saturated rings. The van der Waals surface area contributed by atoms with E-state index in [1.54, 1.807) is 0 Å². The number of hydrogen-bond acceptors (Lipinski definition) is 3. The highest BCUT2D eigenvalue weighted by Gasteiger charge is 2.57. The van der Waals surface area contributed by atoms with Crippen molar-refractivity contribution in [3.8, 4) is 0 Å². The maximum Gasteiger partial charge on any atom is 0.304 e. The van der Waals surface area contributed by atoms with E-state index in [1.165, 1.54) is 0 Å². The number of nitrogens with two attached hydrogens (primary N) is 1. The van der Waals surface area contributed by atoms with Gasteiger partial charge in [-0.1, -0.05) is 0 Å². The van der Waals surface area contributed by atoms with Crippen molar-refractivity contribution in [2.24, 2.45) is 11.1 Å². The van der Waals surface area contributed by atoms with Gasteiger partial charge in [-0.15, -0.1) is 0 Å². The van der Waals surface area contributed by atoms with E-state index in [0.717, 1.165) is 0 Å². The summed E-state index contributed by atoms with van der Waals surface area (Å²) >= 11 is 0. The van der Waals surface area contributed by atoms with Gasteiger partial charge in [-0.2, -0.15) is 0 Å². The van der Waals surface area contributed by atoms with Gasteiger partial charge in [0, 0.05) is 12.0 Å². The molecule has 1 unspecified atom stereocenters. The van der Waals surface area contributed by atoms with Crippen LogP contribution in [0.3, 0.4) is 0 Å². The van der Waals surface area contributed by atoms with Crippen molar-refractivity contribution in [2.45, 2.75) is 51.7 Å². The Labute approximate surface area is 90.8 Å². The highest BCUT2D eigenvalue weighted by molar-refractivity contribution is 5.68. The zero-order valence-electron chi connectivity index (χ0n) is 9.96. The number of carboxylic acids is 1. The van der Waals surface area contributed by atoms with Gasteiger partial charge in [0.05, 0.1) is 17.6 Å². The summed E-state index contributed by atoms with van der Waals surface area (Å²) in [5.41, 5.74) is 4.54. The fraction of sp³-hybridized carbons (Fsp3) is 0.909. The standard InChI is InChI=1S/C11H21NO3/c1-9(2)6-11(7-12,5-8(13)14)10(3,4)15-9/h5-7,12H2,1-4H3,(H,13,14). The number of carbonyl (C=O) groups is 1. The zero-order valence-corrected chi connectivity index (χ0v) is 9.96. The van der Waals surface area contributed by atoms with Crippen LogP contribution in [0.4, 0.5) is 0 Å². The van der Waals surface area contributed by atoms with E-state index in [1.807, 2.05) is 27.7 Å². The summed E-state index contributed by atoms with van der Waals surface area (Å²) in [5, 5.41) is 8.96. The topological polar surface area (TPSA) is 72.6 Å². The number of rotatable bonds is 3. The van der Waals surface area contributed by atoms with Crippen LogP contribution in [0.25, 0.3) is 0 Å². The van der Waals surface area contributed by atoms with Gasteiger partial charge in [0.25, 0.3) is 0 Å². The number of ether oxygens (including phenoxy) is 1. The van der Waals surface area contributed by atoms with Gasteiger partial charge in [-0.3, -0.25) is 4.79 Å². The third-order valence-corrected chi connectivity index (χ3v) is 3.45. The van der Waals surface area contributed by atoms with Crippen LogP contribution < -0.4 is 5.73 Å². The van der Waals surface area contributed by atoms with Crippen molar-refractivity contribution in [2.75, 3.05) is 6.54 Å². The van der Waals surface area contributed by atoms with Crippen molar-refractivity contribution >= 4 is 5.97 Å². The third kappa shape index (κ3) is 2.16. The van der Waals surface area contributed by atoms with Crippen molar-refractivity contribution in [3.63, 3.8) is 0 Å². The largest absolute Gasteiger partial charge is 0.481 e. The summed E-state index contributed by atoms with van der Waals surface area (Å²) in [6.07, 6.45) is 0.760. The van der Waals surface area contributed by atoms with Gasteiger partial charge in [-0.25, -0.2) is 0 Å². The Kier molecular flexibility index (Phi) is 2.87. The highest BCUT2D eigenvalue weighted by atomic mass is 16.5. The van der Waals surface area contributed by atoms with E-state index >= 15 is 0 Å². The first kappa shape index (κ1) is 12.5. The van der Waals surface area contributed by atoms with E-state index in [4.69, 9.17) is 15.6 Å². The monoisotopic (exact) mass is 215 g/mol. The molecule has 0 aromatic rings. The maximum atomic E-state index is 10.9. The Morgan fingerprint density at radius 2 is 1.93 bits per heavy atom. The quantitative estimate of drug-likeness (QED) is 0.746. The average molecular weight is 215 g/mol. The second kappa shape index (κ2) is 3.46. The Bertz CT molecular complexity index is 273. The predicted molar refractivity (Wildman–Crippen MR) is 57.6 cm³/mol. The normalized spacial score (nSPS) is 32.9. The smallest absolute Gasteiger partial charge is 0.304 e. The molecule has 4 heteroatoms. The van der Waals surface area contributed by atoms with Crippen molar-refractivity contribution < 1.29 is 14.6 Å². The van der Waals surface area contributed by atoms with E-state index < -0.39 is 17.0 Å². The summed E-state index contributed by atoms with van der Waals surface area (Å²) in [7, 11) is 0. The molecule has 0 bridgehead atoms. The van der Waals surface area contributed by atoms with Crippen LogP contribution >= 0.6 is 0 Å². The molecule has 0 aromatic heterocycles. The minimum atomic E-state index is -0.810. The average Bonchev–Trinajstić information content (AvgIpc) is 2.15. The first-order valence-electron chi connectivity index (χ1n) is 5.26. The molecule has 1 atom stereocenters. The molecule has 0 aliphatic carbocycles. The summed E-state index contributed by atoms with van der Waals surface area (Å²) < 4.78 is 5.90. The van der Waals surface area contributed by atoms with Crippen LogP contribution in [0.2, 0.25) is 0 Å². The molecule has 1 aliphatic heterocycles. The van der Waals surface area contributed by atoms with Crippen LogP contribution in [0.15, 0.2) is 0 Å². The Balaban J connectivity index is 3.03. The third-order valence-electron chi connectivity index (χ3n) is 3.45. The molecule has 3 N–H and O–H groups in total. The molecule has 15 heavy (non-hydrogen) atoms. The van der Waals surface area contributed by atoms with Crippen molar-refractivity contribution in [1.29, 1.82) is 0 Å². The fourth-order valence-corrected chi connectivity index (χ4v) is 2.82. The summed E-state index contributed by atoms with van der Waals surface area (Å²) in [5.74, 6) is -0.810. The van der Waals surface area contributed by atoms with Gasteiger partial charge >= 0.3 is 5.97 Å². The Morgan fingerprint density at radius 1 is 1.40 bits per heavy atom. The van der Waals surface area contributed by atoms with Crippen molar-refractivity contribution in [1.82, 2.24) is 0 Å². The zero-order chi connectivity index (χ0) is 11.9. The molecule has 0 spiro atoms. The summed E-state index contributed by atoms with van der Waals surface area (Å²) in [6, 6.07) is 0. The van der Waals surface area contributed by atoms with Crippen LogP contribution in [-0.2, 0) is 9.53 Å². The lowest BCUT2D eigenvalue weighted by atomic mass is 9.69. The number of aliphatic carboxylic acids is 1. The van der Waals surface area contributed by atoms with Gasteiger partial charge in [0.2, 0.25) is 0 Å². The Morgan fingerprint density at radius 3 is 2.20 bits per heavy atom. The molecule has 1 aliphatic rings. The lowest BCUT2D eigenvalue weighted by Crippen LogP contribution is -2.46. The Hall–Kier alpha value is -0.610. The maximum absolute atomic E-state index is 10.9. The molecular formula is C11H21NO3. The first-order valence-corrected chi connectivity index (χ1v) is 5.26. The van der Waals surface area contributed by atoms with E-state index in [0.29, 0.717) is 13.0 Å². The second-order valence-electron chi connectivity index (χ2n) is 5.60. The van der Waals surface area contributed by atoms with Gasteiger partial charge in [0.1, 0.15) is 0 Å². The van der Waals surface area contributed by atoms with Gasteiger partial charge < -0.3 is 15.6 Å². The summed E-state index contributed by atoms with van der Waals surface area (Å²) in [6.45, 7) is 8.16. The lowest BCUT2D eigenvalue weighted by Gasteiger charge is -2.37. The van der Waals surface area contributed by atoms with Crippen LogP contribution in [0, 0.1) is 5.41 Å². The molecule has 0 aromatic carbocycles. The molecule has 0 radical (unpaired) electrons. The molecule has 1 rings (SSSR count). The molecule has 4 nitrogen and oxygen atoms in total. The summed E-state index contributed by atoms with van der Waals surface area (Å²) in [4.78, 5) is 10.9. The first-order chi connectivity index (χ1) is 6.64. The van der Waals surface area contributed by atoms with Gasteiger partial charge in [0.15, 0.2) is 0 Å². The van der Waals surface area contributed by atoms with E-state index in [2.05, 4.69) is 0 Å². The molecule has 1 heterocycles. The number of hydrogen-bond donors (Lipinski definition) is 2. The fourth-order valence-electron chi connectivity index (χ4n) is 2.82. The van der Waals surface area contributed by atoms with Crippen LogP contribution in [-0.4, -0.2) is 28.8 Å². The lowest BCUT2D eigenvalue weighted by molar-refractivity contribution is -0.144. The second-order valence-corrected chi connectivity index (χ2v) is 5.60. The van der Waals surface area contributed by atoms with Crippen LogP contribution in [0.1, 0.15) is 40.5 Å². The SMILES string of the molecule is CC1(C)CC(CN)(CC(=O)O)C(C)(C)O1. The molecule has 1 saturated heterocycles. The number of carboxylic acid groups (broad SMARTS) is 1. The molecular weight excluding hydrogens is 194 g/mol. The minimum Gasteiger partial charge on any atom is -0.481 e. The molecule has 0 saturated carbocycles. The van der Waals surface area contributed by atoms with Crippen molar-refractivity contribution in [3.05, 3.63) is 0 Å². The highest BCUT2D eigenvalue weighted by Crippen LogP contribution is 2.52. The van der Waals surface area contributed by atoms with E-state index in [9.17, 15) is 4.79 Å². The molecule has 0 amide bonds. The van der Waals surface area contributed by atoms with E-state index in [-0.39, 0.29) is 12.0 Å². The minimum absolute atomic E-state index is 0.0694.